The molecular weight excluding hydrogens is 377 g/mol. The van der Waals surface area contributed by atoms with Crippen LogP contribution in [0.25, 0.3) is 10.8 Å². The van der Waals surface area contributed by atoms with Crippen LogP contribution >= 0.6 is 0 Å². The topological polar surface area (TPSA) is 29.5 Å². The minimum Gasteiger partial charge on any atom is -0.507 e. The van der Waals surface area contributed by atoms with Crippen LogP contribution in [0.5, 0.6) is 11.5 Å². The molecule has 0 atom stereocenters. The van der Waals surface area contributed by atoms with Gasteiger partial charge in [-0.3, -0.25) is 0 Å². The number of hydrogen-bond donors (Lipinski definition) is 1. The lowest BCUT2D eigenvalue weighted by molar-refractivity contribution is -0.187. The summed E-state index contributed by atoms with van der Waals surface area (Å²) in [6.07, 6.45) is 0.297. The van der Waals surface area contributed by atoms with Gasteiger partial charge in [0.2, 0.25) is 0 Å². The van der Waals surface area contributed by atoms with E-state index in [0.717, 1.165) is 37.3 Å². The SMILES string of the molecule is CCCCCc1ccc2c(F)c(C(F)(F)Oc3cc(C)c(O)c(C)c3)ccc2c1. The van der Waals surface area contributed by atoms with Crippen molar-refractivity contribution < 1.29 is 23.0 Å². The van der Waals surface area contributed by atoms with E-state index in [1.807, 2.05) is 6.07 Å². The Kier molecular flexibility index (Phi) is 6.06. The van der Waals surface area contributed by atoms with Crippen LogP contribution in [0.2, 0.25) is 0 Å². The molecule has 3 aromatic carbocycles. The highest BCUT2D eigenvalue weighted by atomic mass is 19.3. The molecule has 0 aliphatic heterocycles. The molecule has 0 fully saturated rings. The van der Waals surface area contributed by atoms with Gasteiger partial charge in [-0.2, -0.15) is 8.78 Å². The number of phenolic OH excluding ortho intramolecular Hbond substituents is 1. The molecule has 2 nitrogen and oxygen atoms in total. The summed E-state index contributed by atoms with van der Waals surface area (Å²) in [6.45, 7) is 5.30. The molecule has 5 heteroatoms. The van der Waals surface area contributed by atoms with E-state index < -0.39 is 17.5 Å². The summed E-state index contributed by atoms with van der Waals surface area (Å²) in [4.78, 5) is 0. The fourth-order valence-corrected chi connectivity index (χ4v) is 3.48. The van der Waals surface area contributed by atoms with E-state index in [0.29, 0.717) is 16.5 Å². The van der Waals surface area contributed by atoms with Crippen molar-refractivity contribution >= 4 is 10.8 Å². The second-order valence-corrected chi connectivity index (χ2v) is 7.46. The molecule has 0 heterocycles. The predicted octanol–water partition coefficient (Wildman–Crippen LogP) is 7.16. The maximum atomic E-state index is 14.9. The van der Waals surface area contributed by atoms with Crippen LogP contribution in [0.3, 0.4) is 0 Å². The van der Waals surface area contributed by atoms with Gasteiger partial charge in [0.25, 0.3) is 0 Å². The molecule has 0 aliphatic rings. The third-order valence-electron chi connectivity index (χ3n) is 5.11. The monoisotopic (exact) mass is 402 g/mol. The van der Waals surface area contributed by atoms with E-state index in [1.54, 1.807) is 26.0 Å². The molecule has 0 bridgehead atoms. The Morgan fingerprint density at radius 3 is 2.31 bits per heavy atom. The number of hydrogen-bond acceptors (Lipinski definition) is 2. The van der Waals surface area contributed by atoms with E-state index >= 15 is 0 Å². The first kappa shape index (κ1) is 21.0. The second-order valence-electron chi connectivity index (χ2n) is 7.46. The lowest BCUT2D eigenvalue weighted by Crippen LogP contribution is -2.23. The van der Waals surface area contributed by atoms with Crippen LogP contribution in [0.4, 0.5) is 13.2 Å². The first-order chi connectivity index (χ1) is 13.7. The number of aryl methyl sites for hydroxylation is 3. The lowest BCUT2D eigenvalue weighted by Gasteiger charge is -2.20. The number of rotatable bonds is 7. The van der Waals surface area contributed by atoms with Gasteiger partial charge in [0.1, 0.15) is 22.9 Å². The maximum absolute atomic E-state index is 14.9. The van der Waals surface area contributed by atoms with Crippen molar-refractivity contribution in [3.05, 3.63) is 70.5 Å². The highest BCUT2D eigenvalue weighted by Gasteiger charge is 2.38. The van der Waals surface area contributed by atoms with Gasteiger partial charge < -0.3 is 9.84 Å². The van der Waals surface area contributed by atoms with E-state index in [-0.39, 0.29) is 16.9 Å². The number of fused-ring (bicyclic) bond motifs is 1. The molecule has 0 saturated heterocycles. The summed E-state index contributed by atoms with van der Waals surface area (Å²) in [5.74, 6) is -1.10. The highest BCUT2D eigenvalue weighted by molar-refractivity contribution is 5.84. The Labute approximate surface area is 168 Å². The molecule has 1 N–H and O–H groups in total. The third-order valence-corrected chi connectivity index (χ3v) is 5.11. The first-order valence-corrected chi connectivity index (χ1v) is 9.81. The van der Waals surface area contributed by atoms with Crippen molar-refractivity contribution in [1.82, 2.24) is 0 Å². The van der Waals surface area contributed by atoms with E-state index in [9.17, 15) is 18.3 Å². The Bertz CT molecular complexity index is 1010. The molecule has 3 aromatic rings. The molecule has 0 aromatic heterocycles. The maximum Gasteiger partial charge on any atom is 0.429 e. The Balaban J connectivity index is 1.91. The second kappa shape index (κ2) is 8.36. The van der Waals surface area contributed by atoms with Gasteiger partial charge in [-0.1, -0.05) is 44.0 Å². The molecule has 3 rings (SSSR count). The number of alkyl halides is 2. The van der Waals surface area contributed by atoms with Crippen LogP contribution in [-0.2, 0) is 12.5 Å². The van der Waals surface area contributed by atoms with E-state index in [1.165, 1.54) is 18.2 Å². The minimum absolute atomic E-state index is 0.0206. The third kappa shape index (κ3) is 4.50. The summed E-state index contributed by atoms with van der Waals surface area (Å²) >= 11 is 0. The van der Waals surface area contributed by atoms with Crippen LogP contribution in [0, 0.1) is 19.7 Å². The molecule has 0 radical (unpaired) electrons. The summed E-state index contributed by atoms with van der Waals surface area (Å²) in [5.41, 5.74) is 1.07. The molecule has 154 valence electrons. The largest absolute Gasteiger partial charge is 0.507 e. The average Bonchev–Trinajstić information content (AvgIpc) is 2.66. The van der Waals surface area contributed by atoms with Gasteiger partial charge in [0.05, 0.1) is 0 Å². The Morgan fingerprint density at radius 1 is 0.966 bits per heavy atom. The number of benzene rings is 3. The minimum atomic E-state index is -3.85. The molecule has 0 spiro atoms. The Hall–Kier alpha value is -2.69. The van der Waals surface area contributed by atoms with Crippen molar-refractivity contribution in [1.29, 1.82) is 0 Å². The van der Waals surface area contributed by atoms with Crippen molar-refractivity contribution in [2.75, 3.05) is 0 Å². The molecule has 0 saturated carbocycles. The van der Waals surface area contributed by atoms with Gasteiger partial charge in [0, 0.05) is 5.39 Å². The number of ether oxygens (including phenoxy) is 1. The van der Waals surface area contributed by atoms with Gasteiger partial charge in [-0.05, 0) is 67.0 Å². The van der Waals surface area contributed by atoms with Gasteiger partial charge in [0.15, 0.2) is 0 Å². The number of halogens is 3. The average molecular weight is 402 g/mol. The zero-order valence-electron chi connectivity index (χ0n) is 16.9. The van der Waals surface area contributed by atoms with Crippen molar-refractivity contribution in [2.45, 2.75) is 52.6 Å². The molecule has 0 unspecified atom stereocenters. The normalized spacial score (nSPS) is 11.8. The van der Waals surface area contributed by atoms with Crippen molar-refractivity contribution in [2.24, 2.45) is 0 Å². The van der Waals surface area contributed by atoms with Crippen molar-refractivity contribution in [3.8, 4) is 11.5 Å². The van der Waals surface area contributed by atoms with Gasteiger partial charge >= 0.3 is 6.11 Å². The standard InChI is InChI=1S/C24H25F3O2/c1-4-5-6-7-17-8-10-20-18(14-17)9-11-21(22(20)25)24(26,27)29-19-12-15(2)23(28)16(3)13-19/h8-14,28H,4-7H2,1-3H3. The summed E-state index contributed by atoms with van der Waals surface area (Å²) in [5, 5.41) is 10.5. The zero-order valence-corrected chi connectivity index (χ0v) is 16.9. The predicted molar refractivity (Wildman–Crippen MR) is 109 cm³/mol. The molecule has 0 aliphatic carbocycles. The van der Waals surface area contributed by atoms with Crippen LogP contribution in [0.15, 0.2) is 42.5 Å². The lowest BCUT2D eigenvalue weighted by atomic mass is 10.00. The quantitative estimate of drug-likeness (QED) is 0.425. The number of aromatic hydroxyl groups is 1. The first-order valence-electron chi connectivity index (χ1n) is 9.81. The zero-order chi connectivity index (χ0) is 21.2. The summed E-state index contributed by atoms with van der Waals surface area (Å²) in [7, 11) is 0. The van der Waals surface area contributed by atoms with E-state index in [4.69, 9.17) is 4.74 Å². The van der Waals surface area contributed by atoms with Crippen LogP contribution in [0.1, 0.15) is 48.4 Å². The summed E-state index contributed by atoms with van der Waals surface area (Å²) < 4.78 is 49.3. The van der Waals surface area contributed by atoms with Gasteiger partial charge in [-0.15, -0.1) is 0 Å². The van der Waals surface area contributed by atoms with Crippen LogP contribution < -0.4 is 4.74 Å². The van der Waals surface area contributed by atoms with Crippen LogP contribution in [-0.4, -0.2) is 5.11 Å². The molecule has 0 amide bonds. The summed E-state index contributed by atoms with van der Waals surface area (Å²) in [6, 6.07) is 10.4. The highest BCUT2D eigenvalue weighted by Crippen LogP contribution is 2.37. The van der Waals surface area contributed by atoms with Gasteiger partial charge in [-0.25, -0.2) is 4.39 Å². The number of phenols is 1. The van der Waals surface area contributed by atoms with E-state index in [2.05, 4.69) is 6.92 Å². The fourth-order valence-electron chi connectivity index (χ4n) is 3.48. The Morgan fingerprint density at radius 2 is 1.66 bits per heavy atom. The smallest absolute Gasteiger partial charge is 0.429 e. The molecule has 29 heavy (non-hydrogen) atoms. The number of unbranched alkanes of at least 4 members (excludes halogenated alkanes) is 2. The van der Waals surface area contributed by atoms with Crippen molar-refractivity contribution in [3.63, 3.8) is 0 Å². The molecular formula is C24H25F3O2. The fraction of sp³-hybridized carbons (Fsp3) is 0.333.